The summed E-state index contributed by atoms with van der Waals surface area (Å²) in [5.74, 6) is -0.851. The molecule has 132 valence electrons. The zero-order chi connectivity index (χ0) is 18.1. The summed E-state index contributed by atoms with van der Waals surface area (Å²) in [6.07, 6.45) is 4.55. The molecular weight excluding hydrogens is 326 g/mol. The van der Waals surface area contributed by atoms with Crippen molar-refractivity contribution < 1.29 is 23.8 Å². The number of aromatic nitrogens is 2. The minimum absolute atomic E-state index is 0.0579. The van der Waals surface area contributed by atoms with Crippen molar-refractivity contribution in [2.75, 3.05) is 26.1 Å². The summed E-state index contributed by atoms with van der Waals surface area (Å²) in [7, 11) is 2.45. The number of carbonyl (C=O) groups excluding carboxylic acids is 2. The highest BCUT2D eigenvalue weighted by Gasteiger charge is 2.14. The highest BCUT2D eigenvalue weighted by Crippen LogP contribution is 2.25. The standard InChI is InChI=1S/C17H19N3O5/c1-23-16(21)12-14(17(22)24-2)19-13-6-3-4-7-15(13)25-11-10-20-9-5-8-18-20/h3-9,12,19H,10-11H2,1-2H3/b14-12+. The van der Waals surface area contributed by atoms with Crippen LogP contribution in [0.4, 0.5) is 5.69 Å². The lowest BCUT2D eigenvalue weighted by molar-refractivity contribution is -0.138. The van der Waals surface area contributed by atoms with E-state index in [0.717, 1.165) is 6.08 Å². The predicted octanol–water partition coefficient (Wildman–Crippen LogP) is 1.60. The van der Waals surface area contributed by atoms with Crippen molar-refractivity contribution in [3.63, 3.8) is 0 Å². The van der Waals surface area contributed by atoms with Gasteiger partial charge in [-0.3, -0.25) is 4.68 Å². The van der Waals surface area contributed by atoms with Crippen LogP contribution in [0.3, 0.4) is 0 Å². The molecule has 8 heteroatoms. The van der Waals surface area contributed by atoms with Crippen LogP contribution in [0.2, 0.25) is 0 Å². The van der Waals surface area contributed by atoms with Crippen molar-refractivity contribution in [1.29, 1.82) is 0 Å². The lowest BCUT2D eigenvalue weighted by atomic mass is 10.2. The maximum Gasteiger partial charge on any atom is 0.354 e. The third-order valence-electron chi connectivity index (χ3n) is 3.16. The molecule has 0 aliphatic heterocycles. The quantitative estimate of drug-likeness (QED) is 0.574. The molecule has 0 spiro atoms. The third-order valence-corrected chi connectivity index (χ3v) is 3.16. The molecule has 0 amide bonds. The second kappa shape index (κ2) is 9.11. The van der Waals surface area contributed by atoms with Crippen LogP contribution in [0.15, 0.2) is 54.5 Å². The van der Waals surface area contributed by atoms with E-state index >= 15 is 0 Å². The highest BCUT2D eigenvalue weighted by atomic mass is 16.5. The van der Waals surface area contributed by atoms with Crippen LogP contribution >= 0.6 is 0 Å². The van der Waals surface area contributed by atoms with Gasteiger partial charge in [0.15, 0.2) is 0 Å². The largest absolute Gasteiger partial charge is 0.489 e. The predicted molar refractivity (Wildman–Crippen MR) is 89.9 cm³/mol. The first-order chi connectivity index (χ1) is 12.1. The molecule has 2 aromatic rings. The minimum atomic E-state index is -0.697. The topological polar surface area (TPSA) is 91.7 Å². The Morgan fingerprint density at radius 3 is 2.68 bits per heavy atom. The second-order valence-corrected chi connectivity index (χ2v) is 4.81. The van der Waals surface area contributed by atoms with Gasteiger partial charge < -0.3 is 19.5 Å². The molecule has 0 aliphatic rings. The Morgan fingerprint density at radius 1 is 1.20 bits per heavy atom. The number of anilines is 1. The van der Waals surface area contributed by atoms with Gasteiger partial charge in [-0.25, -0.2) is 9.59 Å². The van der Waals surface area contributed by atoms with E-state index in [4.69, 9.17) is 4.74 Å². The lowest BCUT2D eigenvalue weighted by Crippen LogP contribution is -2.16. The molecule has 2 rings (SSSR count). The van der Waals surface area contributed by atoms with Crippen molar-refractivity contribution in [2.24, 2.45) is 0 Å². The molecule has 0 aliphatic carbocycles. The number of esters is 2. The summed E-state index contributed by atoms with van der Waals surface area (Å²) in [6.45, 7) is 0.956. The number of nitrogens with zero attached hydrogens (tertiary/aromatic N) is 2. The SMILES string of the molecule is COC(=O)/C=C(/Nc1ccccc1OCCn1cccn1)C(=O)OC. The van der Waals surface area contributed by atoms with Crippen LogP contribution in [0.25, 0.3) is 0 Å². The van der Waals surface area contributed by atoms with Crippen LogP contribution in [0.5, 0.6) is 5.75 Å². The number of hydrogen-bond donors (Lipinski definition) is 1. The number of carbonyl (C=O) groups is 2. The number of nitrogens with one attached hydrogen (secondary N) is 1. The molecule has 0 atom stereocenters. The van der Waals surface area contributed by atoms with E-state index in [2.05, 4.69) is 19.9 Å². The van der Waals surface area contributed by atoms with Crippen molar-refractivity contribution in [2.45, 2.75) is 6.54 Å². The van der Waals surface area contributed by atoms with Crippen LogP contribution in [0, 0.1) is 0 Å². The summed E-state index contributed by atoms with van der Waals surface area (Å²) < 4.78 is 16.7. The van der Waals surface area contributed by atoms with E-state index in [0.29, 0.717) is 24.6 Å². The Bertz CT molecular complexity index is 741. The summed E-state index contributed by atoms with van der Waals surface area (Å²) in [5.41, 5.74) is 0.459. The van der Waals surface area contributed by atoms with E-state index in [1.54, 1.807) is 35.1 Å². The first kappa shape index (κ1) is 18.1. The Hall–Kier alpha value is -3.29. The maximum atomic E-state index is 11.8. The molecule has 25 heavy (non-hydrogen) atoms. The van der Waals surface area contributed by atoms with Crippen LogP contribution in [0.1, 0.15) is 0 Å². The van der Waals surface area contributed by atoms with Crippen molar-refractivity contribution in [3.8, 4) is 5.75 Å². The molecule has 0 saturated heterocycles. The smallest absolute Gasteiger partial charge is 0.354 e. The van der Waals surface area contributed by atoms with E-state index in [1.807, 2.05) is 12.3 Å². The number of para-hydroxylation sites is 2. The molecule has 0 unspecified atom stereocenters. The van der Waals surface area contributed by atoms with E-state index in [-0.39, 0.29) is 5.70 Å². The van der Waals surface area contributed by atoms with Gasteiger partial charge >= 0.3 is 11.9 Å². The van der Waals surface area contributed by atoms with Crippen LogP contribution in [-0.2, 0) is 25.6 Å². The zero-order valence-corrected chi connectivity index (χ0v) is 14.0. The number of methoxy groups -OCH3 is 2. The number of hydrogen-bond acceptors (Lipinski definition) is 7. The van der Waals surface area contributed by atoms with Crippen molar-refractivity contribution in [1.82, 2.24) is 9.78 Å². The van der Waals surface area contributed by atoms with Crippen molar-refractivity contribution >= 4 is 17.6 Å². The normalized spacial score (nSPS) is 10.9. The Kier molecular flexibility index (Phi) is 6.58. The fourth-order valence-electron chi connectivity index (χ4n) is 1.96. The first-order valence-electron chi connectivity index (χ1n) is 7.48. The molecular formula is C17H19N3O5. The summed E-state index contributed by atoms with van der Waals surface area (Å²) in [6, 6.07) is 8.87. The number of benzene rings is 1. The monoisotopic (exact) mass is 345 g/mol. The molecule has 0 bridgehead atoms. The molecule has 1 heterocycles. The third kappa shape index (κ3) is 5.38. The zero-order valence-electron chi connectivity index (χ0n) is 14.0. The van der Waals surface area contributed by atoms with Gasteiger partial charge in [0.2, 0.25) is 0 Å². The van der Waals surface area contributed by atoms with E-state index < -0.39 is 11.9 Å². The van der Waals surface area contributed by atoms with Gasteiger partial charge in [-0.1, -0.05) is 12.1 Å². The summed E-state index contributed by atoms with van der Waals surface area (Å²) in [4.78, 5) is 23.3. The molecule has 0 saturated carbocycles. The first-order valence-corrected chi connectivity index (χ1v) is 7.48. The van der Waals surface area contributed by atoms with E-state index in [1.165, 1.54) is 14.2 Å². The van der Waals surface area contributed by atoms with Crippen LogP contribution in [-0.4, -0.2) is 42.5 Å². The fourth-order valence-corrected chi connectivity index (χ4v) is 1.96. The van der Waals surface area contributed by atoms with Gasteiger partial charge in [0.1, 0.15) is 18.1 Å². The molecule has 1 N–H and O–H groups in total. The maximum absolute atomic E-state index is 11.8. The van der Waals surface area contributed by atoms with Gasteiger partial charge in [-0.15, -0.1) is 0 Å². The van der Waals surface area contributed by atoms with Crippen LogP contribution < -0.4 is 10.1 Å². The summed E-state index contributed by atoms with van der Waals surface area (Å²) in [5, 5.41) is 6.94. The molecule has 1 aromatic carbocycles. The Balaban J connectivity index is 2.10. The molecule has 0 radical (unpaired) electrons. The van der Waals surface area contributed by atoms with Gasteiger partial charge in [0.05, 0.1) is 32.5 Å². The Morgan fingerprint density at radius 2 is 2.00 bits per heavy atom. The van der Waals surface area contributed by atoms with Gasteiger partial charge in [0.25, 0.3) is 0 Å². The second-order valence-electron chi connectivity index (χ2n) is 4.81. The van der Waals surface area contributed by atoms with Crippen molar-refractivity contribution in [3.05, 3.63) is 54.5 Å². The molecule has 1 aromatic heterocycles. The fraction of sp³-hybridized carbons (Fsp3) is 0.235. The molecule has 0 fully saturated rings. The van der Waals surface area contributed by atoms with E-state index in [9.17, 15) is 9.59 Å². The van der Waals surface area contributed by atoms with Gasteiger partial charge in [0, 0.05) is 12.4 Å². The highest BCUT2D eigenvalue weighted by molar-refractivity contribution is 5.99. The van der Waals surface area contributed by atoms with Gasteiger partial charge in [-0.2, -0.15) is 5.10 Å². The Labute approximate surface area is 145 Å². The number of rotatable bonds is 8. The average Bonchev–Trinajstić information content (AvgIpc) is 3.15. The average molecular weight is 345 g/mol. The molecule has 8 nitrogen and oxygen atoms in total. The number of ether oxygens (including phenoxy) is 3. The summed E-state index contributed by atoms with van der Waals surface area (Å²) >= 11 is 0. The van der Waals surface area contributed by atoms with Gasteiger partial charge in [-0.05, 0) is 18.2 Å². The lowest BCUT2D eigenvalue weighted by Gasteiger charge is -2.14. The minimum Gasteiger partial charge on any atom is -0.489 e.